The molecule has 0 saturated heterocycles. The lowest BCUT2D eigenvalue weighted by molar-refractivity contribution is -0.137. The number of carbonyl (C=O) groups is 1. The van der Waals surface area contributed by atoms with Crippen molar-refractivity contribution in [1.82, 2.24) is 0 Å². The van der Waals surface area contributed by atoms with Crippen molar-refractivity contribution in [2.24, 2.45) is 11.8 Å². The van der Waals surface area contributed by atoms with Crippen LogP contribution < -0.4 is 0 Å². The molecule has 0 aromatic rings. The summed E-state index contributed by atoms with van der Waals surface area (Å²) in [6, 6.07) is 0. The van der Waals surface area contributed by atoms with Crippen LogP contribution in [0.3, 0.4) is 0 Å². The summed E-state index contributed by atoms with van der Waals surface area (Å²) in [6.45, 7) is 2.23. The Hall–Kier alpha value is -1.31. The lowest BCUT2D eigenvalue weighted by atomic mass is 10.2. The van der Waals surface area contributed by atoms with Crippen LogP contribution in [0.4, 0.5) is 0 Å². The third-order valence-corrected chi connectivity index (χ3v) is 3.62. The average molecular weight is 276 g/mol. The molecule has 1 fully saturated rings. The number of allylic oxidation sites excluding steroid dienone is 6. The van der Waals surface area contributed by atoms with Crippen LogP contribution in [0.1, 0.15) is 58.3 Å². The van der Waals surface area contributed by atoms with Crippen molar-refractivity contribution in [3.8, 4) is 0 Å². The molecular formula is C18H28O2. The lowest BCUT2D eigenvalue weighted by Crippen LogP contribution is -1.92. The maximum atomic E-state index is 10.4. The zero-order valence-electron chi connectivity index (χ0n) is 12.6. The molecule has 0 heterocycles. The molecule has 0 aromatic carbocycles. The molecule has 0 spiro atoms. The van der Waals surface area contributed by atoms with Gasteiger partial charge in [-0.25, -0.2) is 0 Å². The highest BCUT2D eigenvalue weighted by Gasteiger charge is 2.31. The fourth-order valence-electron chi connectivity index (χ4n) is 2.21. The summed E-state index contributed by atoms with van der Waals surface area (Å²) in [5.74, 6) is 0.687. The molecule has 1 aliphatic rings. The van der Waals surface area contributed by atoms with Crippen molar-refractivity contribution < 1.29 is 9.90 Å². The van der Waals surface area contributed by atoms with Crippen LogP contribution in [-0.4, -0.2) is 11.1 Å². The highest BCUT2D eigenvalue weighted by atomic mass is 16.4. The first kappa shape index (κ1) is 16.7. The van der Waals surface area contributed by atoms with Crippen LogP contribution in [-0.2, 0) is 4.79 Å². The van der Waals surface area contributed by atoms with E-state index in [0.717, 1.165) is 12.8 Å². The third kappa shape index (κ3) is 8.73. The SMILES string of the molecule is CCCCC/C=C/C=C/C1CC1/C=C/CCCC(=O)O. The summed E-state index contributed by atoms with van der Waals surface area (Å²) in [6.07, 6.45) is 21.5. The van der Waals surface area contributed by atoms with E-state index >= 15 is 0 Å². The molecule has 1 saturated carbocycles. The maximum Gasteiger partial charge on any atom is 0.303 e. The van der Waals surface area contributed by atoms with Gasteiger partial charge in [-0.1, -0.05) is 56.2 Å². The number of carboxylic acids is 1. The van der Waals surface area contributed by atoms with E-state index < -0.39 is 5.97 Å². The van der Waals surface area contributed by atoms with Gasteiger partial charge in [0.1, 0.15) is 0 Å². The molecule has 0 bridgehead atoms. The molecule has 1 N–H and O–H groups in total. The van der Waals surface area contributed by atoms with Gasteiger partial charge in [0.25, 0.3) is 0 Å². The smallest absolute Gasteiger partial charge is 0.303 e. The number of carboxylic acid groups (broad SMARTS) is 1. The first-order chi connectivity index (χ1) is 9.74. The van der Waals surface area contributed by atoms with Gasteiger partial charge in [-0.3, -0.25) is 4.79 Å². The summed E-state index contributed by atoms with van der Waals surface area (Å²) in [7, 11) is 0. The highest BCUT2D eigenvalue weighted by molar-refractivity contribution is 5.66. The van der Waals surface area contributed by atoms with Crippen molar-refractivity contribution in [2.75, 3.05) is 0 Å². The summed E-state index contributed by atoms with van der Waals surface area (Å²) in [5, 5.41) is 8.53. The molecular weight excluding hydrogens is 248 g/mol. The van der Waals surface area contributed by atoms with Crippen LogP contribution in [0.2, 0.25) is 0 Å². The molecule has 0 aromatic heterocycles. The Morgan fingerprint density at radius 3 is 2.55 bits per heavy atom. The van der Waals surface area contributed by atoms with E-state index in [9.17, 15) is 4.79 Å². The van der Waals surface area contributed by atoms with Crippen LogP contribution in [0.15, 0.2) is 36.5 Å². The van der Waals surface area contributed by atoms with Gasteiger partial charge in [-0.05, 0) is 43.9 Å². The molecule has 2 unspecified atom stereocenters. The van der Waals surface area contributed by atoms with Gasteiger partial charge in [0.15, 0.2) is 0 Å². The Bertz CT molecular complexity index is 352. The number of hydrogen-bond donors (Lipinski definition) is 1. The normalized spacial score (nSPS) is 22.2. The van der Waals surface area contributed by atoms with Gasteiger partial charge in [0, 0.05) is 6.42 Å². The number of rotatable bonds is 11. The topological polar surface area (TPSA) is 37.3 Å². The predicted octanol–water partition coefficient (Wildman–Crippen LogP) is 5.13. The first-order valence-corrected chi connectivity index (χ1v) is 7.95. The van der Waals surface area contributed by atoms with Crippen molar-refractivity contribution in [2.45, 2.75) is 58.3 Å². The largest absolute Gasteiger partial charge is 0.481 e. The molecule has 20 heavy (non-hydrogen) atoms. The summed E-state index contributed by atoms with van der Waals surface area (Å²) in [5.41, 5.74) is 0. The minimum Gasteiger partial charge on any atom is -0.481 e. The Morgan fingerprint density at radius 2 is 1.80 bits per heavy atom. The molecule has 0 amide bonds. The van der Waals surface area contributed by atoms with Gasteiger partial charge in [0.05, 0.1) is 0 Å². The fraction of sp³-hybridized carbons (Fsp3) is 0.611. The average Bonchev–Trinajstić information content (AvgIpc) is 3.15. The molecule has 2 nitrogen and oxygen atoms in total. The van der Waals surface area contributed by atoms with E-state index in [1.807, 2.05) is 0 Å². The monoisotopic (exact) mass is 276 g/mol. The van der Waals surface area contributed by atoms with E-state index in [1.165, 1.54) is 32.1 Å². The Morgan fingerprint density at radius 1 is 1.05 bits per heavy atom. The van der Waals surface area contributed by atoms with Crippen LogP contribution >= 0.6 is 0 Å². The first-order valence-electron chi connectivity index (χ1n) is 7.95. The minimum absolute atomic E-state index is 0.279. The highest BCUT2D eigenvalue weighted by Crippen LogP contribution is 2.40. The van der Waals surface area contributed by atoms with Crippen molar-refractivity contribution >= 4 is 5.97 Å². The quantitative estimate of drug-likeness (QED) is 0.323. The van der Waals surface area contributed by atoms with E-state index in [1.54, 1.807) is 0 Å². The van der Waals surface area contributed by atoms with E-state index in [-0.39, 0.29) is 6.42 Å². The van der Waals surface area contributed by atoms with Gasteiger partial charge in [-0.2, -0.15) is 0 Å². The Labute approximate surface area is 123 Å². The minimum atomic E-state index is -0.698. The zero-order chi connectivity index (χ0) is 14.6. The summed E-state index contributed by atoms with van der Waals surface area (Å²) in [4.78, 5) is 10.4. The van der Waals surface area contributed by atoms with E-state index in [4.69, 9.17) is 5.11 Å². The molecule has 2 atom stereocenters. The van der Waals surface area contributed by atoms with Crippen LogP contribution in [0.25, 0.3) is 0 Å². The summed E-state index contributed by atoms with van der Waals surface area (Å²) >= 11 is 0. The standard InChI is InChI=1S/C18H28O2/c1-2-3-4-5-6-7-9-12-16-15-17(16)13-10-8-11-14-18(19)20/h6-7,9-10,12-13,16-17H,2-5,8,11,14-15H2,1H3,(H,19,20)/b7-6+,12-9+,13-10+. The number of aliphatic carboxylic acids is 1. The van der Waals surface area contributed by atoms with Crippen LogP contribution in [0, 0.1) is 11.8 Å². The van der Waals surface area contributed by atoms with E-state index in [0.29, 0.717) is 11.8 Å². The van der Waals surface area contributed by atoms with Crippen molar-refractivity contribution in [3.05, 3.63) is 36.5 Å². The second-order valence-electron chi connectivity index (χ2n) is 5.59. The molecule has 112 valence electrons. The Kier molecular flexibility index (Phi) is 8.77. The van der Waals surface area contributed by atoms with Crippen molar-refractivity contribution in [3.63, 3.8) is 0 Å². The van der Waals surface area contributed by atoms with Gasteiger partial charge >= 0.3 is 5.97 Å². The van der Waals surface area contributed by atoms with Crippen molar-refractivity contribution in [1.29, 1.82) is 0 Å². The second-order valence-corrected chi connectivity index (χ2v) is 5.59. The maximum absolute atomic E-state index is 10.4. The molecule has 1 aliphatic carbocycles. The van der Waals surface area contributed by atoms with Gasteiger partial charge in [-0.15, -0.1) is 0 Å². The molecule has 0 radical (unpaired) electrons. The molecule has 1 rings (SSSR count). The molecule has 2 heteroatoms. The molecule has 0 aliphatic heterocycles. The van der Waals surface area contributed by atoms with E-state index in [2.05, 4.69) is 43.4 Å². The fourth-order valence-corrected chi connectivity index (χ4v) is 2.21. The predicted molar refractivity (Wildman–Crippen MR) is 84.6 cm³/mol. The van der Waals surface area contributed by atoms with Gasteiger partial charge in [0.2, 0.25) is 0 Å². The zero-order valence-corrected chi connectivity index (χ0v) is 12.6. The van der Waals surface area contributed by atoms with Crippen LogP contribution in [0.5, 0.6) is 0 Å². The summed E-state index contributed by atoms with van der Waals surface area (Å²) < 4.78 is 0. The van der Waals surface area contributed by atoms with Gasteiger partial charge < -0.3 is 5.11 Å². The number of unbranched alkanes of at least 4 members (excludes halogenated alkanes) is 4. The Balaban J connectivity index is 2.02. The lowest BCUT2D eigenvalue weighted by Gasteiger charge is -1.91. The number of hydrogen-bond acceptors (Lipinski definition) is 1. The third-order valence-electron chi connectivity index (χ3n) is 3.62. The second kappa shape index (κ2) is 10.5.